The zero-order valence-corrected chi connectivity index (χ0v) is 19.4. The van der Waals surface area contributed by atoms with Gasteiger partial charge in [0.1, 0.15) is 5.75 Å². The van der Waals surface area contributed by atoms with E-state index < -0.39 is 0 Å². The first-order chi connectivity index (χ1) is 15.6. The summed E-state index contributed by atoms with van der Waals surface area (Å²) in [7, 11) is 0. The van der Waals surface area contributed by atoms with E-state index >= 15 is 0 Å². The molecule has 0 spiro atoms. The van der Waals surface area contributed by atoms with Crippen molar-refractivity contribution >= 4 is 37.5 Å². The second kappa shape index (κ2) is 8.78. The third kappa shape index (κ3) is 3.90. The molecule has 158 valence electrons. The molecule has 0 saturated carbocycles. The van der Waals surface area contributed by atoms with Crippen LogP contribution in [0.3, 0.4) is 0 Å². The molecule has 2 nitrogen and oxygen atoms in total. The second-order valence-corrected chi connectivity index (χ2v) is 9.08. The van der Waals surface area contributed by atoms with Gasteiger partial charge in [0.15, 0.2) is 0 Å². The summed E-state index contributed by atoms with van der Waals surface area (Å²) in [5.74, 6) is 0.300. The fraction of sp³-hybridized carbons (Fsp3) is 0.103. The fourth-order valence-corrected chi connectivity index (χ4v) is 4.82. The molecule has 0 fully saturated rings. The van der Waals surface area contributed by atoms with Crippen molar-refractivity contribution in [2.75, 3.05) is 0 Å². The number of nitrogens with one attached hydrogen (secondary N) is 1. The highest BCUT2D eigenvalue weighted by molar-refractivity contribution is 9.10. The van der Waals surface area contributed by atoms with E-state index in [4.69, 9.17) is 0 Å². The first-order valence-corrected chi connectivity index (χ1v) is 11.6. The van der Waals surface area contributed by atoms with E-state index in [0.29, 0.717) is 5.75 Å². The van der Waals surface area contributed by atoms with Gasteiger partial charge in [-0.1, -0.05) is 101 Å². The van der Waals surface area contributed by atoms with Crippen molar-refractivity contribution in [3.8, 4) is 5.75 Å². The Kier molecular flexibility index (Phi) is 5.69. The van der Waals surface area contributed by atoms with Crippen LogP contribution in [0.4, 0.5) is 0 Å². The molecule has 0 amide bonds. The average Bonchev–Trinajstić information content (AvgIpc) is 2.83. The lowest BCUT2D eigenvalue weighted by atomic mass is 9.91. The maximum atomic E-state index is 11.0. The Bertz CT molecular complexity index is 1390. The highest BCUT2D eigenvalue weighted by atomic mass is 79.9. The molecule has 2 atom stereocenters. The zero-order chi connectivity index (χ0) is 22.1. The van der Waals surface area contributed by atoms with Crippen LogP contribution in [0.1, 0.15) is 35.7 Å². The molecule has 0 aliphatic carbocycles. The summed E-state index contributed by atoms with van der Waals surface area (Å²) in [6.07, 6.45) is 0. The summed E-state index contributed by atoms with van der Waals surface area (Å²) in [4.78, 5) is 0. The molecule has 5 aromatic rings. The summed E-state index contributed by atoms with van der Waals surface area (Å²) < 4.78 is 1.03. The van der Waals surface area contributed by atoms with Gasteiger partial charge in [0.05, 0.1) is 6.04 Å². The van der Waals surface area contributed by atoms with Crippen molar-refractivity contribution in [1.82, 2.24) is 5.32 Å². The van der Waals surface area contributed by atoms with Crippen LogP contribution in [0.15, 0.2) is 108 Å². The third-order valence-corrected chi connectivity index (χ3v) is 6.67. The molecular weight excluding hydrogens is 458 g/mol. The minimum Gasteiger partial charge on any atom is -0.508 e. The monoisotopic (exact) mass is 481 g/mol. The maximum absolute atomic E-state index is 11.0. The average molecular weight is 482 g/mol. The molecule has 32 heavy (non-hydrogen) atoms. The lowest BCUT2D eigenvalue weighted by molar-refractivity contribution is 0.449. The van der Waals surface area contributed by atoms with Gasteiger partial charge in [-0.2, -0.15) is 0 Å². The third-order valence-electron chi connectivity index (χ3n) is 6.15. The number of hydrogen-bond acceptors (Lipinski definition) is 2. The van der Waals surface area contributed by atoms with Crippen LogP contribution >= 0.6 is 15.9 Å². The Hall–Kier alpha value is -3.14. The molecule has 2 N–H and O–H groups in total. The zero-order valence-electron chi connectivity index (χ0n) is 17.8. The Morgan fingerprint density at radius 1 is 0.688 bits per heavy atom. The molecule has 5 rings (SSSR count). The van der Waals surface area contributed by atoms with Crippen molar-refractivity contribution in [2.24, 2.45) is 0 Å². The number of benzene rings is 5. The molecule has 3 heteroatoms. The van der Waals surface area contributed by atoms with Gasteiger partial charge in [-0.05, 0) is 57.8 Å². The summed E-state index contributed by atoms with van der Waals surface area (Å²) in [6, 6.07) is 35.1. The first-order valence-electron chi connectivity index (χ1n) is 10.8. The van der Waals surface area contributed by atoms with E-state index in [0.717, 1.165) is 26.4 Å². The van der Waals surface area contributed by atoms with Gasteiger partial charge < -0.3 is 5.11 Å². The first kappa shape index (κ1) is 20.7. The van der Waals surface area contributed by atoms with Gasteiger partial charge in [-0.25, -0.2) is 0 Å². The predicted octanol–water partition coefficient (Wildman–Crippen LogP) is 7.90. The SMILES string of the molecule is CC(NC(c1ccc(Br)cc1)c1c(O)ccc2ccccc12)c1cccc2ccccc12. The Balaban J connectivity index is 1.65. The Labute approximate surface area is 196 Å². The molecule has 0 aromatic heterocycles. The van der Waals surface area contributed by atoms with E-state index in [1.165, 1.54) is 16.3 Å². The van der Waals surface area contributed by atoms with Crippen LogP contribution in [0.5, 0.6) is 5.75 Å². The normalized spacial score (nSPS) is 13.3. The number of halogens is 1. The number of aromatic hydroxyl groups is 1. The molecule has 5 aromatic carbocycles. The van der Waals surface area contributed by atoms with E-state index in [9.17, 15) is 5.11 Å². The van der Waals surface area contributed by atoms with E-state index in [-0.39, 0.29) is 12.1 Å². The number of phenols is 1. The van der Waals surface area contributed by atoms with Crippen LogP contribution in [0.25, 0.3) is 21.5 Å². The minimum atomic E-state index is -0.178. The lowest BCUT2D eigenvalue weighted by Gasteiger charge is -2.27. The number of rotatable bonds is 5. The second-order valence-electron chi connectivity index (χ2n) is 8.16. The lowest BCUT2D eigenvalue weighted by Crippen LogP contribution is -2.26. The standard InChI is InChI=1S/C29H24BrNO/c1-19(24-12-6-9-20-7-2-4-10-25(20)24)31-29(22-13-16-23(30)17-14-22)28-26-11-5-3-8-21(26)15-18-27(28)32/h2-19,29,31-32H,1H3. The Morgan fingerprint density at radius 3 is 2.06 bits per heavy atom. The highest BCUT2D eigenvalue weighted by Crippen LogP contribution is 2.38. The topological polar surface area (TPSA) is 32.3 Å². The van der Waals surface area contributed by atoms with Gasteiger partial charge in [-0.3, -0.25) is 5.32 Å². The molecule has 0 heterocycles. The number of phenolic OH excluding ortho intramolecular Hbond substituents is 1. The van der Waals surface area contributed by atoms with Crippen molar-refractivity contribution in [2.45, 2.75) is 19.0 Å². The summed E-state index contributed by atoms with van der Waals surface area (Å²) >= 11 is 3.55. The van der Waals surface area contributed by atoms with Crippen LogP contribution in [-0.4, -0.2) is 5.11 Å². The van der Waals surface area contributed by atoms with Crippen LogP contribution in [-0.2, 0) is 0 Å². The summed E-state index contributed by atoms with van der Waals surface area (Å²) in [5, 5.41) is 19.5. The Morgan fingerprint density at radius 2 is 1.31 bits per heavy atom. The highest BCUT2D eigenvalue weighted by Gasteiger charge is 2.23. The largest absolute Gasteiger partial charge is 0.508 e. The van der Waals surface area contributed by atoms with Gasteiger partial charge >= 0.3 is 0 Å². The predicted molar refractivity (Wildman–Crippen MR) is 137 cm³/mol. The van der Waals surface area contributed by atoms with Crippen molar-refractivity contribution in [3.63, 3.8) is 0 Å². The molecule has 0 saturated heterocycles. The van der Waals surface area contributed by atoms with Crippen molar-refractivity contribution in [3.05, 3.63) is 124 Å². The van der Waals surface area contributed by atoms with E-state index in [2.05, 4.69) is 107 Å². The quantitative estimate of drug-likeness (QED) is 0.267. The van der Waals surface area contributed by atoms with Gasteiger partial charge in [-0.15, -0.1) is 0 Å². The number of fused-ring (bicyclic) bond motifs is 2. The summed E-state index contributed by atoms with van der Waals surface area (Å²) in [6.45, 7) is 2.19. The smallest absolute Gasteiger partial charge is 0.121 e. The van der Waals surface area contributed by atoms with E-state index in [1.807, 2.05) is 18.2 Å². The van der Waals surface area contributed by atoms with E-state index in [1.54, 1.807) is 6.07 Å². The van der Waals surface area contributed by atoms with Gasteiger partial charge in [0.25, 0.3) is 0 Å². The molecule has 0 bridgehead atoms. The van der Waals surface area contributed by atoms with Crippen LogP contribution in [0.2, 0.25) is 0 Å². The van der Waals surface area contributed by atoms with Crippen LogP contribution in [0, 0.1) is 0 Å². The molecular formula is C29H24BrNO. The van der Waals surface area contributed by atoms with Gasteiger partial charge in [0.2, 0.25) is 0 Å². The molecule has 0 radical (unpaired) electrons. The molecule has 0 aliphatic rings. The van der Waals surface area contributed by atoms with Gasteiger partial charge in [0, 0.05) is 16.1 Å². The van der Waals surface area contributed by atoms with Crippen molar-refractivity contribution in [1.29, 1.82) is 0 Å². The van der Waals surface area contributed by atoms with Crippen LogP contribution < -0.4 is 5.32 Å². The fourth-order valence-electron chi connectivity index (χ4n) is 4.56. The molecule has 2 unspecified atom stereocenters. The molecule has 0 aliphatic heterocycles. The number of hydrogen-bond donors (Lipinski definition) is 2. The summed E-state index contributed by atoms with van der Waals surface area (Å²) in [5.41, 5.74) is 3.24. The minimum absolute atomic E-state index is 0.0631. The van der Waals surface area contributed by atoms with Crippen molar-refractivity contribution < 1.29 is 5.11 Å². The maximum Gasteiger partial charge on any atom is 0.121 e.